The molecule has 0 radical (unpaired) electrons. The lowest BCUT2D eigenvalue weighted by Gasteiger charge is -2.07. The molecular weight excluding hydrogens is 248 g/mol. The molecule has 0 aromatic heterocycles. The number of hydrogen-bond acceptors (Lipinski definition) is 5. The molecule has 102 valence electrons. The van der Waals surface area contributed by atoms with E-state index < -0.39 is 16.3 Å². The third-order valence-electron chi connectivity index (χ3n) is 1.87. The van der Waals surface area contributed by atoms with Gasteiger partial charge in [0, 0.05) is 13.2 Å². The second-order valence-electron chi connectivity index (χ2n) is 3.36. The summed E-state index contributed by atoms with van der Waals surface area (Å²) in [6.07, 6.45) is 2.06. The maximum absolute atomic E-state index is 11.2. The molecule has 0 aliphatic carbocycles. The number of unbranched alkanes of at least 4 members (excludes halogenated alkanes) is 3. The lowest BCUT2D eigenvalue weighted by atomic mass is 10.2. The van der Waals surface area contributed by atoms with Crippen molar-refractivity contribution in [2.75, 3.05) is 19.8 Å². The van der Waals surface area contributed by atoms with E-state index in [-0.39, 0.29) is 19.8 Å². The second-order valence-corrected chi connectivity index (χ2v) is 4.86. The fourth-order valence-electron chi connectivity index (χ4n) is 1.10. The van der Waals surface area contributed by atoms with Crippen molar-refractivity contribution in [1.82, 2.24) is 9.44 Å². The standard InChI is InChI=1S/C9H20N2O5S/c1-2-16-9(13)11-17(14,15)10-7-5-3-4-6-8-12/h10,12H,2-8H2,1H3,(H,11,13). The van der Waals surface area contributed by atoms with Gasteiger partial charge in [0.2, 0.25) is 0 Å². The minimum absolute atomic E-state index is 0.114. The van der Waals surface area contributed by atoms with Gasteiger partial charge in [-0.1, -0.05) is 12.8 Å². The zero-order chi connectivity index (χ0) is 13.1. The number of hydrogen-bond donors (Lipinski definition) is 3. The van der Waals surface area contributed by atoms with Crippen molar-refractivity contribution in [2.24, 2.45) is 0 Å². The molecule has 0 aliphatic rings. The van der Waals surface area contributed by atoms with Gasteiger partial charge in [-0.05, 0) is 19.8 Å². The van der Waals surface area contributed by atoms with E-state index in [1.165, 1.54) is 0 Å². The van der Waals surface area contributed by atoms with Gasteiger partial charge in [0.05, 0.1) is 6.61 Å². The largest absolute Gasteiger partial charge is 0.449 e. The van der Waals surface area contributed by atoms with Gasteiger partial charge in [0.1, 0.15) is 0 Å². The van der Waals surface area contributed by atoms with E-state index in [4.69, 9.17) is 5.11 Å². The van der Waals surface area contributed by atoms with Crippen LogP contribution in [0.5, 0.6) is 0 Å². The zero-order valence-corrected chi connectivity index (χ0v) is 10.8. The van der Waals surface area contributed by atoms with Gasteiger partial charge >= 0.3 is 16.3 Å². The van der Waals surface area contributed by atoms with Crippen molar-refractivity contribution in [3.05, 3.63) is 0 Å². The predicted octanol–water partition coefficient (Wildman–Crippen LogP) is 0.120. The fourth-order valence-corrected chi connectivity index (χ4v) is 1.87. The lowest BCUT2D eigenvalue weighted by molar-refractivity contribution is 0.158. The third-order valence-corrected chi connectivity index (χ3v) is 2.89. The number of nitrogens with one attached hydrogen (secondary N) is 2. The van der Waals surface area contributed by atoms with Crippen LogP contribution in [0.4, 0.5) is 4.79 Å². The highest BCUT2D eigenvalue weighted by molar-refractivity contribution is 7.88. The highest BCUT2D eigenvalue weighted by Gasteiger charge is 2.13. The number of carbonyl (C=O) groups is 1. The van der Waals surface area contributed by atoms with E-state index in [9.17, 15) is 13.2 Å². The van der Waals surface area contributed by atoms with Crippen molar-refractivity contribution >= 4 is 16.3 Å². The van der Waals surface area contributed by atoms with Crippen LogP contribution in [0.1, 0.15) is 32.6 Å². The lowest BCUT2D eigenvalue weighted by Crippen LogP contribution is -2.40. The summed E-state index contributed by atoms with van der Waals surface area (Å²) in [5, 5.41) is 8.53. The first kappa shape index (κ1) is 16.1. The summed E-state index contributed by atoms with van der Waals surface area (Å²) >= 11 is 0. The normalized spacial score (nSPS) is 11.2. The van der Waals surface area contributed by atoms with Crippen molar-refractivity contribution in [2.45, 2.75) is 32.6 Å². The minimum atomic E-state index is -3.82. The van der Waals surface area contributed by atoms with E-state index >= 15 is 0 Å². The molecule has 17 heavy (non-hydrogen) atoms. The van der Waals surface area contributed by atoms with Gasteiger partial charge in [-0.15, -0.1) is 0 Å². The number of amides is 1. The monoisotopic (exact) mass is 268 g/mol. The first-order valence-electron chi connectivity index (χ1n) is 5.57. The van der Waals surface area contributed by atoms with Crippen LogP contribution in [-0.2, 0) is 14.9 Å². The summed E-state index contributed by atoms with van der Waals surface area (Å²) < 4.78 is 30.9. The number of aliphatic hydroxyl groups is 1. The van der Waals surface area contributed by atoms with Crippen LogP contribution >= 0.6 is 0 Å². The summed E-state index contributed by atoms with van der Waals surface area (Å²) in [5.74, 6) is 0. The van der Waals surface area contributed by atoms with Gasteiger partial charge in [0.15, 0.2) is 0 Å². The maximum atomic E-state index is 11.2. The Balaban J connectivity index is 3.68. The SMILES string of the molecule is CCOC(=O)NS(=O)(=O)NCCCCCCO. The molecule has 0 saturated heterocycles. The highest BCUT2D eigenvalue weighted by atomic mass is 32.2. The molecule has 8 heteroatoms. The van der Waals surface area contributed by atoms with Crippen LogP contribution < -0.4 is 9.44 Å². The number of rotatable bonds is 9. The molecule has 0 rings (SSSR count). The molecular formula is C9H20N2O5S. The molecule has 0 heterocycles. The Kier molecular flexibility index (Phi) is 8.73. The minimum Gasteiger partial charge on any atom is -0.449 e. The van der Waals surface area contributed by atoms with E-state index in [0.717, 1.165) is 12.8 Å². The summed E-state index contributed by atoms with van der Waals surface area (Å²) in [6.45, 7) is 2.10. The Morgan fingerprint density at radius 2 is 1.88 bits per heavy atom. The van der Waals surface area contributed by atoms with Crippen LogP contribution in [0.3, 0.4) is 0 Å². The number of ether oxygens (including phenoxy) is 1. The molecule has 7 nitrogen and oxygen atoms in total. The van der Waals surface area contributed by atoms with Crippen molar-refractivity contribution in [1.29, 1.82) is 0 Å². The molecule has 0 unspecified atom stereocenters. The quantitative estimate of drug-likeness (QED) is 0.515. The van der Waals surface area contributed by atoms with E-state index in [0.29, 0.717) is 12.8 Å². The predicted molar refractivity (Wildman–Crippen MR) is 62.6 cm³/mol. The number of carbonyl (C=O) groups excluding carboxylic acids is 1. The average molecular weight is 268 g/mol. The van der Waals surface area contributed by atoms with Crippen molar-refractivity contribution < 1.29 is 23.1 Å². The van der Waals surface area contributed by atoms with Gasteiger partial charge in [0.25, 0.3) is 0 Å². The first-order chi connectivity index (χ1) is 8.02. The van der Waals surface area contributed by atoms with Gasteiger partial charge in [-0.2, -0.15) is 13.1 Å². The van der Waals surface area contributed by atoms with Crippen LogP contribution in [0.15, 0.2) is 0 Å². The molecule has 0 aromatic rings. The molecule has 0 spiro atoms. The second kappa shape index (κ2) is 9.20. The topological polar surface area (TPSA) is 105 Å². The Bertz CT molecular complexity index is 305. The highest BCUT2D eigenvalue weighted by Crippen LogP contribution is 1.97. The van der Waals surface area contributed by atoms with E-state index in [2.05, 4.69) is 9.46 Å². The van der Waals surface area contributed by atoms with Crippen LogP contribution in [0.2, 0.25) is 0 Å². The molecule has 0 aromatic carbocycles. The molecule has 3 N–H and O–H groups in total. The molecule has 1 amide bonds. The van der Waals surface area contributed by atoms with Crippen LogP contribution in [0.25, 0.3) is 0 Å². The first-order valence-corrected chi connectivity index (χ1v) is 7.05. The van der Waals surface area contributed by atoms with Gasteiger partial charge in [-0.25, -0.2) is 9.52 Å². The van der Waals surface area contributed by atoms with E-state index in [1.54, 1.807) is 11.6 Å². The Labute approximate surface area is 102 Å². The smallest absolute Gasteiger partial charge is 0.421 e. The van der Waals surface area contributed by atoms with Crippen molar-refractivity contribution in [3.8, 4) is 0 Å². The Morgan fingerprint density at radius 3 is 2.47 bits per heavy atom. The Hall–Kier alpha value is -0.860. The molecule has 0 saturated carbocycles. The molecule has 0 bridgehead atoms. The Morgan fingerprint density at radius 1 is 1.24 bits per heavy atom. The number of aliphatic hydroxyl groups excluding tert-OH is 1. The van der Waals surface area contributed by atoms with Gasteiger partial charge in [-0.3, -0.25) is 0 Å². The summed E-state index contributed by atoms with van der Waals surface area (Å²) in [5.41, 5.74) is 0. The third kappa shape index (κ3) is 10.0. The fraction of sp³-hybridized carbons (Fsp3) is 0.889. The molecule has 0 aliphatic heterocycles. The van der Waals surface area contributed by atoms with E-state index in [1.807, 2.05) is 0 Å². The van der Waals surface area contributed by atoms with Crippen molar-refractivity contribution in [3.63, 3.8) is 0 Å². The maximum Gasteiger partial charge on any atom is 0.421 e. The van der Waals surface area contributed by atoms with Crippen LogP contribution in [-0.4, -0.2) is 39.4 Å². The summed E-state index contributed by atoms with van der Waals surface area (Å²) in [6, 6.07) is 0. The zero-order valence-electron chi connectivity index (χ0n) is 9.94. The molecule has 0 fully saturated rings. The summed E-state index contributed by atoms with van der Waals surface area (Å²) in [7, 11) is -3.82. The summed E-state index contributed by atoms with van der Waals surface area (Å²) in [4.78, 5) is 10.9. The molecule has 0 atom stereocenters. The van der Waals surface area contributed by atoms with Crippen LogP contribution in [0, 0.1) is 0 Å². The average Bonchev–Trinajstić information content (AvgIpc) is 2.22. The van der Waals surface area contributed by atoms with Gasteiger partial charge < -0.3 is 9.84 Å².